The molecule has 0 aliphatic rings. The third-order valence-corrected chi connectivity index (χ3v) is 4.19. The first-order valence-electron chi connectivity index (χ1n) is 7.75. The lowest BCUT2D eigenvalue weighted by Crippen LogP contribution is -2.14. The van der Waals surface area contributed by atoms with Crippen LogP contribution in [0.3, 0.4) is 0 Å². The number of amides is 1. The molecule has 0 unspecified atom stereocenters. The predicted octanol–water partition coefficient (Wildman–Crippen LogP) is 3.91. The molecule has 0 spiro atoms. The molecule has 2 heterocycles. The molecule has 2 aromatic heterocycles. The maximum absolute atomic E-state index is 12.0. The van der Waals surface area contributed by atoms with Crippen molar-refractivity contribution in [3.8, 4) is 17.2 Å². The number of nitrogens with zero attached hydrogens (tertiary/aromatic N) is 3. The lowest BCUT2D eigenvalue weighted by atomic mass is 10.2. The molecule has 134 valence electrons. The highest BCUT2D eigenvalue weighted by Gasteiger charge is 2.15. The molecule has 0 saturated carbocycles. The standard InChI is InChI=1S/C17H15ClN4O3S/c1-2-24-13-6-4-3-5-12(13)16-21-22-17(25-16)26-10-15(23)20-14-8-7-11(18)9-19-14/h3-9H,2,10H2,1H3,(H,19,20,23). The fourth-order valence-corrected chi connectivity index (χ4v) is 2.73. The van der Waals surface area contributed by atoms with Crippen LogP contribution < -0.4 is 10.1 Å². The Hall–Kier alpha value is -2.58. The van der Waals surface area contributed by atoms with E-state index >= 15 is 0 Å². The number of carbonyl (C=O) groups excluding carboxylic acids is 1. The van der Waals surface area contributed by atoms with Crippen molar-refractivity contribution in [2.24, 2.45) is 0 Å². The second-order valence-corrected chi connectivity index (χ2v) is 6.36. The smallest absolute Gasteiger partial charge is 0.277 e. The first-order chi connectivity index (χ1) is 12.7. The van der Waals surface area contributed by atoms with Gasteiger partial charge in [0.2, 0.25) is 5.91 Å². The van der Waals surface area contributed by atoms with Crippen LogP contribution in [0.15, 0.2) is 52.2 Å². The molecule has 1 amide bonds. The van der Waals surface area contributed by atoms with Crippen LogP contribution in [-0.2, 0) is 4.79 Å². The third-order valence-electron chi connectivity index (χ3n) is 3.15. The van der Waals surface area contributed by atoms with Crippen LogP contribution >= 0.6 is 23.4 Å². The summed E-state index contributed by atoms with van der Waals surface area (Å²) in [5.41, 5.74) is 0.712. The van der Waals surface area contributed by atoms with Gasteiger partial charge in [0.15, 0.2) is 0 Å². The van der Waals surface area contributed by atoms with Crippen molar-refractivity contribution in [1.82, 2.24) is 15.2 Å². The summed E-state index contributed by atoms with van der Waals surface area (Å²) in [7, 11) is 0. The van der Waals surface area contributed by atoms with E-state index in [4.69, 9.17) is 20.8 Å². The summed E-state index contributed by atoms with van der Waals surface area (Å²) in [6.45, 7) is 2.44. The van der Waals surface area contributed by atoms with Gasteiger partial charge in [-0.3, -0.25) is 4.79 Å². The number of aromatic nitrogens is 3. The van der Waals surface area contributed by atoms with Gasteiger partial charge in [-0.2, -0.15) is 0 Å². The van der Waals surface area contributed by atoms with Gasteiger partial charge < -0.3 is 14.5 Å². The maximum atomic E-state index is 12.0. The van der Waals surface area contributed by atoms with Crippen molar-refractivity contribution in [2.75, 3.05) is 17.7 Å². The highest BCUT2D eigenvalue weighted by Crippen LogP contribution is 2.30. The van der Waals surface area contributed by atoms with Crippen LogP contribution in [0.4, 0.5) is 5.82 Å². The summed E-state index contributed by atoms with van der Waals surface area (Å²) in [4.78, 5) is 16.0. The van der Waals surface area contributed by atoms with E-state index in [1.54, 1.807) is 12.1 Å². The van der Waals surface area contributed by atoms with Crippen molar-refractivity contribution in [3.05, 3.63) is 47.6 Å². The topological polar surface area (TPSA) is 90.1 Å². The normalized spacial score (nSPS) is 10.5. The highest BCUT2D eigenvalue weighted by molar-refractivity contribution is 7.99. The average Bonchev–Trinajstić information content (AvgIpc) is 3.12. The molecular weight excluding hydrogens is 376 g/mol. The Balaban J connectivity index is 1.60. The summed E-state index contributed by atoms with van der Waals surface area (Å²) in [6.07, 6.45) is 1.46. The van der Waals surface area contributed by atoms with Crippen molar-refractivity contribution < 1.29 is 13.9 Å². The Bertz CT molecular complexity index is 886. The van der Waals surface area contributed by atoms with Crippen LogP contribution in [0.5, 0.6) is 5.75 Å². The summed E-state index contributed by atoms with van der Waals surface area (Å²) < 4.78 is 11.2. The molecule has 0 aliphatic heterocycles. The van der Waals surface area contributed by atoms with Gasteiger partial charge in [0.25, 0.3) is 11.1 Å². The van der Waals surface area contributed by atoms with E-state index in [0.29, 0.717) is 39.9 Å². The van der Waals surface area contributed by atoms with E-state index in [1.165, 1.54) is 6.20 Å². The van der Waals surface area contributed by atoms with E-state index in [1.807, 2.05) is 31.2 Å². The summed E-state index contributed by atoms with van der Waals surface area (Å²) in [5.74, 6) is 1.31. The van der Waals surface area contributed by atoms with Crippen molar-refractivity contribution in [1.29, 1.82) is 0 Å². The molecule has 9 heteroatoms. The van der Waals surface area contributed by atoms with Crippen LogP contribution in [0.25, 0.3) is 11.5 Å². The Morgan fingerprint density at radius 2 is 2.12 bits per heavy atom. The van der Waals surface area contributed by atoms with Crippen LogP contribution in [-0.4, -0.2) is 33.4 Å². The Kier molecular flexibility index (Phi) is 6.08. The molecule has 1 aromatic carbocycles. The number of benzene rings is 1. The van der Waals surface area contributed by atoms with E-state index < -0.39 is 0 Å². The van der Waals surface area contributed by atoms with Crippen LogP contribution in [0.2, 0.25) is 5.02 Å². The number of para-hydroxylation sites is 1. The summed E-state index contributed by atoms with van der Waals surface area (Å²) in [6, 6.07) is 10.7. The highest BCUT2D eigenvalue weighted by atomic mass is 35.5. The number of halogens is 1. The monoisotopic (exact) mass is 390 g/mol. The van der Waals surface area contributed by atoms with Gasteiger partial charge in [0, 0.05) is 6.20 Å². The van der Waals surface area contributed by atoms with Gasteiger partial charge >= 0.3 is 0 Å². The van der Waals surface area contributed by atoms with Gasteiger partial charge in [-0.15, -0.1) is 10.2 Å². The van der Waals surface area contributed by atoms with E-state index in [2.05, 4.69) is 20.5 Å². The maximum Gasteiger partial charge on any atom is 0.277 e. The van der Waals surface area contributed by atoms with Gasteiger partial charge in [-0.1, -0.05) is 35.5 Å². The summed E-state index contributed by atoms with van der Waals surface area (Å²) >= 11 is 6.90. The molecule has 0 radical (unpaired) electrons. The quantitative estimate of drug-likeness (QED) is 0.611. The number of hydrogen-bond acceptors (Lipinski definition) is 7. The number of rotatable bonds is 7. The zero-order chi connectivity index (χ0) is 18.4. The molecule has 0 bridgehead atoms. The minimum atomic E-state index is -0.237. The van der Waals surface area contributed by atoms with E-state index in [0.717, 1.165) is 11.8 Å². The Morgan fingerprint density at radius 1 is 1.27 bits per heavy atom. The Labute approximate surface area is 159 Å². The van der Waals surface area contributed by atoms with Gasteiger partial charge in [0.05, 0.1) is 22.9 Å². The Morgan fingerprint density at radius 3 is 2.88 bits per heavy atom. The van der Waals surface area contributed by atoms with E-state index in [-0.39, 0.29) is 11.7 Å². The lowest BCUT2D eigenvalue weighted by molar-refractivity contribution is -0.113. The predicted molar refractivity (Wildman–Crippen MR) is 99.5 cm³/mol. The molecule has 3 aromatic rings. The second kappa shape index (κ2) is 8.68. The van der Waals surface area contributed by atoms with Gasteiger partial charge in [0.1, 0.15) is 11.6 Å². The molecule has 0 aliphatic carbocycles. The fourth-order valence-electron chi connectivity index (χ4n) is 2.06. The fraction of sp³-hybridized carbons (Fsp3) is 0.176. The lowest BCUT2D eigenvalue weighted by Gasteiger charge is -2.06. The number of anilines is 1. The molecule has 0 saturated heterocycles. The van der Waals surface area contributed by atoms with Crippen molar-refractivity contribution >= 4 is 35.1 Å². The average molecular weight is 391 g/mol. The molecule has 1 N–H and O–H groups in total. The molecule has 3 rings (SSSR count). The minimum Gasteiger partial charge on any atom is -0.493 e. The van der Waals surface area contributed by atoms with Gasteiger partial charge in [-0.25, -0.2) is 4.98 Å². The first kappa shape index (κ1) is 18.2. The van der Waals surface area contributed by atoms with Crippen molar-refractivity contribution in [3.63, 3.8) is 0 Å². The van der Waals surface area contributed by atoms with Crippen molar-refractivity contribution in [2.45, 2.75) is 12.1 Å². The first-order valence-corrected chi connectivity index (χ1v) is 9.12. The third kappa shape index (κ3) is 4.74. The second-order valence-electron chi connectivity index (χ2n) is 5.00. The minimum absolute atomic E-state index is 0.110. The number of thioether (sulfide) groups is 1. The number of ether oxygens (including phenoxy) is 1. The van der Waals surface area contributed by atoms with E-state index in [9.17, 15) is 4.79 Å². The van der Waals surface area contributed by atoms with Crippen LogP contribution in [0.1, 0.15) is 6.92 Å². The zero-order valence-electron chi connectivity index (χ0n) is 13.8. The molecule has 7 nitrogen and oxygen atoms in total. The zero-order valence-corrected chi connectivity index (χ0v) is 15.4. The SMILES string of the molecule is CCOc1ccccc1-c1nnc(SCC(=O)Nc2ccc(Cl)cn2)o1. The molecular formula is C17H15ClN4O3S. The summed E-state index contributed by atoms with van der Waals surface area (Å²) in [5, 5.41) is 11.5. The molecule has 26 heavy (non-hydrogen) atoms. The molecule has 0 fully saturated rings. The number of hydrogen-bond donors (Lipinski definition) is 1. The van der Waals surface area contributed by atoms with Gasteiger partial charge in [-0.05, 0) is 31.2 Å². The number of nitrogens with one attached hydrogen (secondary N) is 1. The number of carbonyl (C=O) groups is 1. The largest absolute Gasteiger partial charge is 0.493 e. The van der Waals surface area contributed by atoms with Crippen LogP contribution in [0, 0.1) is 0 Å². The molecule has 0 atom stereocenters. The number of pyridine rings is 1.